The van der Waals surface area contributed by atoms with E-state index < -0.39 is 0 Å². The molecule has 1 atom stereocenters. The highest BCUT2D eigenvalue weighted by Crippen LogP contribution is 2.40. The van der Waals surface area contributed by atoms with Crippen LogP contribution in [0.4, 0.5) is 11.5 Å². The van der Waals surface area contributed by atoms with Gasteiger partial charge in [0.25, 0.3) is 0 Å². The summed E-state index contributed by atoms with van der Waals surface area (Å²) in [4.78, 5) is 4.62. The number of fused-ring (bicyclic) bond motifs is 3. The highest BCUT2D eigenvalue weighted by molar-refractivity contribution is 6.33. The second-order valence-corrected chi connectivity index (χ2v) is 7.58. The number of hydrogen-bond donors (Lipinski definition) is 2. The molecule has 0 bridgehead atoms. The topological polar surface area (TPSA) is 72.1 Å². The molecule has 0 fully saturated rings. The van der Waals surface area contributed by atoms with Gasteiger partial charge in [-0.05, 0) is 24.6 Å². The largest absolute Gasteiger partial charge is 0.346 e. The van der Waals surface area contributed by atoms with Crippen LogP contribution in [0.3, 0.4) is 0 Å². The summed E-state index contributed by atoms with van der Waals surface area (Å²) in [6.07, 6.45) is 3.47. The fraction of sp³-hybridized carbons (Fsp3) is 0.190. The molecular weight excluding hydrogens is 386 g/mol. The minimum atomic E-state index is -0.332. The minimum Gasteiger partial charge on any atom is -0.346 e. The van der Waals surface area contributed by atoms with E-state index in [0.29, 0.717) is 5.02 Å². The molecule has 1 aliphatic heterocycles. The molecule has 0 radical (unpaired) electrons. The van der Waals surface area contributed by atoms with Crippen molar-refractivity contribution in [2.75, 3.05) is 10.6 Å². The Morgan fingerprint density at radius 2 is 1.97 bits per heavy atom. The molecule has 7 nitrogen and oxygen atoms in total. The number of benzene rings is 2. The lowest BCUT2D eigenvalue weighted by molar-refractivity contribution is 0.759. The van der Waals surface area contributed by atoms with Gasteiger partial charge in [-0.2, -0.15) is 10.2 Å². The average Bonchev–Trinajstić information content (AvgIpc) is 3.24. The minimum absolute atomic E-state index is 0.332. The van der Waals surface area contributed by atoms with Gasteiger partial charge in [0, 0.05) is 48.7 Å². The molecule has 4 aromatic rings. The zero-order chi connectivity index (χ0) is 20.1. The molecule has 2 aromatic carbocycles. The quantitative estimate of drug-likeness (QED) is 0.536. The normalized spacial score (nSPS) is 15.4. The predicted octanol–water partition coefficient (Wildman–Crippen LogP) is 4.18. The average molecular weight is 406 g/mol. The van der Waals surface area contributed by atoms with Crippen LogP contribution in [0.25, 0.3) is 22.2 Å². The number of rotatable bonds is 3. The first-order valence-electron chi connectivity index (χ1n) is 9.32. The number of aromatic nitrogens is 4. The van der Waals surface area contributed by atoms with E-state index in [1.165, 1.54) is 0 Å². The van der Waals surface area contributed by atoms with Crippen LogP contribution in [0.15, 0.2) is 47.6 Å². The molecule has 3 heterocycles. The number of hydrogen-bond acceptors (Lipinski definition) is 5. The monoisotopic (exact) mass is 405 g/mol. The van der Waals surface area contributed by atoms with Crippen molar-refractivity contribution in [2.45, 2.75) is 13.2 Å². The van der Waals surface area contributed by atoms with Crippen molar-refractivity contribution in [3.63, 3.8) is 0 Å². The Bertz CT molecular complexity index is 1270. The van der Waals surface area contributed by atoms with E-state index in [0.717, 1.165) is 44.8 Å². The molecule has 1 unspecified atom stereocenters. The molecular formula is C21H20ClN7. The van der Waals surface area contributed by atoms with E-state index in [2.05, 4.69) is 33.7 Å². The lowest BCUT2D eigenvalue weighted by Gasteiger charge is -2.24. The fourth-order valence-electron chi connectivity index (χ4n) is 3.81. The summed E-state index contributed by atoms with van der Waals surface area (Å²) in [5.74, 6) is 0.756. The molecule has 0 amide bonds. The zero-order valence-corrected chi connectivity index (χ0v) is 17.1. The van der Waals surface area contributed by atoms with E-state index in [9.17, 15) is 0 Å². The summed E-state index contributed by atoms with van der Waals surface area (Å²) in [7, 11) is 3.83. The van der Waals surface area contributed by atoms with Crippen LogP contribution >= 0.6 is 11.6 Å². The fourth-order valence-corrected chi connectivity index (χ4v) is 4.04. The summed E-state index contributed by atoms with van der Waals surface area (Å²) < 4.78 is 3.64. The Kier molecular flexibility index (Phi) is 4.06. The molecule has 8 heteroatoms. The van der Waals surface area contributed by atoms with Gasteiger partial charge in [0.2, 0.25) is 0 Å². The molecule has 2 aromatic heterocycles. The van der Waals surface area contributed by atoms with Gasteiger partial charge in [0.1, 0.15) is 0 Å². The first kappa shape index (κ1) is 17.8. The number of anilines is 2. The Hall–Kier alpha value is -3.32. The SMILES string of the molecule is Cc1cc2nn(C)c(-c3ccccc3Cl)c2c2c1C=NC(Nc1ccn(C)n1)N2. The second-order valence-electron chi connectivity index (χ2n) is 7.17. The smallest absolute Gasteiger partial charge is 0.195 e. The Labute approximate surface area is 173 Å². The van der Waals surface area contributed by atoms with Crippen molar-refractivity contribution >= 4 is 40.2 Å². The highest BCUT2D eigenvalue weighted by atomic mass is 35.5. The predicted molar refractivity (Wildman–Crippen MR) is 118 cm³/mol. The maximum absolute atomic E-state index is 6.53. The van der Waals surface area contributed by atoms with Crippen LogP contribution in [-0.4, -0.2) is 32.1 Å². The van der Waals surface area contributed by atoms with Gasteiger partial charge in [-0.3, -0.25) is 9.36 Å². The van der Waals surface area contributed by atoms with E-state index >= 15 is 0 Å². The number of nitrogens with one attached hydrogen (secondary N) is 2. The van der Waals surface area contributed by atoms with Gasteiger partial charge < -0.3 is 10.6 Å². The summed E-state index contributed by atoms with van der Waals surface area (Å²) in [5.41, 5.74) is 6.00. The van der Waals surface area contributed by atoms with Crippen LogP contribution in [0, 0.1) is 6.92 Å². The van der Waals surface area contributed by atoms with Crippen molar-refractivity contribution in [3.8, 4) is 11.3 Å². The summed E-state index contributed by atoms with van der Waals surface area (Å²) >= 11 is 6.53. The number of aryl methyl sites for hydroxylation is 3. The van der Waals surface area contributed by atoms with Gasteiger partial charge in [0.15, 0.2) is 12.1 Å². The molecule has 2 N–H and O–H groups in total. The van der Waals surface area contributed by atoms with Gasteiger partial charge in [-0.25, -0.2) is 4.99 Å². The number of nitrogens with zero attached hydrogens (tertiary/aromatic N) is 5. The van der Waals surface area contributed by atoms with E-state index in [1.807, 2.05) is 61.5 Å². The van der Waals surface area contributed by atoms with E-state index in [4.69, 9.17) is 16.7 Å². The maximum Gasteiger partial charge on any atom is 0.195 e. The lowest BCUT2D eigenvalue weighted by atomic mass is 9.98. The molecule has 0 spiro atoms. The van der Waals surface area contributed by atoms with Crippen molar-refractivity contribution in [3.05, 3.63) is 58.7 Å². The zero-order valence-electron chi connectivity index (χ0n) is 16.3. The standard InChI is InChI=1S/C21H20ClN7/c1-12-10-16-18(20(29(3)26-16)13-6-4-5-7-15(13)22)19-14(12)11-23-21(25-19)24-17-8-9-28(2)27-17/h4-11,21,25H,1-3H3,(H,24,27). The van der Waals surface area contributed by atoms with Crippen LogP contribution in [-0.2, 0) is 14.1 Å². The molecule has 29 heavy (non-hydrogen) atoms. The molecule has 146 valence electrons. The van der Waals surface area contributed by atoms with Gasteiger partial charge in [-0.1, -0.05) is 29.8 Å². The summed E-state index contributed by atoms with van der Waals surface area (Å²) in [6, 6.07) is 11.8. The third-order valence-corrected chi connectivity index (χ3v) is 5.46. The Balaban J connectivity index is 1.67. The van der Waals surface area contributed by atoms with Crippen LogP contribution < -0.4 is 10.6 Å². The molecule has 1 aliphatic rings. The van der Waals surface area contributed by atoms with Gasteiger partial charge in [0.05, 0.1) is 22.3 Å². The highest BCUT2D eigenvalue weighted by Gasteiger charge is 2.24. The first-order chi connectivity index (χ1) is 14.0. The summed E-state index contributed by atoms with van der Waals surface area (Å²) in [5, 5.41) is 17.7. The van der Waals surface area contributed by atoms with Gasteiger partial charge in [-0.15, -0.1) is 0 Å². The van der Waals surface area contributed by atoms with Crippen molar-refractivity contribution in [1.29, 1.82) is 0 Å². The number of halogens is 1. The second kappa shape index (κ2) is 6.63. The third-order valence-electron chi connectivity index (χ3n) is 5.13. The number of aliphatic imine (C=N–C) groups is 1. The van der Waals surface area contributed by atoms with Crippen LogP contribution in [0.2, 0.25) is 5.02 Å². The molecule has 0 aliphatic carbocycles. The summed E-state index contributed by atoms with van der Waals surface area (Å²) in [6.45, 7) is 2.07. The molecule has 0 saturated carbocycles. The van der Waals surface area contributed by atoms with Crippen LogP contribution in [0.5, 0.6) is 0 Å². The van der Waals surface area contributed by atoms with E-state index in [1.54, 1.807) is 4.68 Å². The lowest BCUT2D eigenvalue weighted by Crippen LogP contribution is -2.30. The van der Waals surface area contributed by atoms with Crippen LogP contribution in [0.1, 0.15) is 11.1 Å². The maximum atomic E-state index is 6.53. The third kappa shape index (κ3) is 2.94. The Morgan fingerprint density at radius 3 is 2.72 bits per heavy atom. The first-order valence-corrected chi connectivity index (χ1v) is 9.70. The molecule has 5 rings (SSSR count). The Morgan fingerprint density at radius 1 is 1.14 bits per heavy atom. The van der Waals surface area contributed by atoms with Gasteiger partial charge >= 0.3 is 0 Å². The van der Waals surface area contributed by atoms with Crippen molar-refractivity contribution < 1.29 is 0 Å². The van der Waals surface area contributed by atoms with Crippen molar-refractivity contribution in [1.82, 2.24) is 19.6 Å². The van der Waals surface area contributed by atoms with Crippen molar-refractivity contribution in [2.24, 2.45) is 19.1 Å². The molecule has 0 saturated heterocycles. The van der Waals surface area contributed by atoms with E-state index in [-0.39, 0.29) is 6.29 Å².